The summed E-state index contributed by atoms with van der Waals surface area (Å²) in [5.41, 5.74) is 7.02. The van der Waals surface area contributed by atoms with Crippen molar-refractivity contribution in [3.63, 3.8) is 0 Å². The lowest BCUT2D eigenvalue weighted by Gasteiger charge is -2.32. The highest BCUT2D eigenvalue weighted by Gasteiger charge is 2.29. The van der Waals surface area contributed by atoms with Gasteiger partial charge in [-0.05, 0) is 35.8 Å². The van der Waals surface area contributed by atoms with Gasteiger partial charge in [-0.1, -0.05) is 48.5 Å². The number of hydrogen-bond donors (Lipinski definition) is 1. The molecule has 4 rings (SSSR count). The third kappa shape index (κ3) is 2.24. The Kier molecular flexibility index (Phi) is 3.01. The Morgan fingerprint density at radius 2 is 1.86 bits per heavy atom. The van der Waals surface area contributed by atoms with Crippen molar-refractivity contribution in [3.8, 4) is 11.1 Å². The first-order chi connectivity index (χ1) is 10.3. The second-order valence-corrected chi connectivity index (χ2v) is 6.08. The van der Waals surface area contributed by atoms with Gasteiger partial charge in [-0.3, -0.25) is 4.90 Å². The predicted molar refractivity (Wildman–Crippen MR) is 87.0 cm³/mol. The van der Waals surface area contributed by atoms with Gasteiger partial charge >= 0.3 is 0 Å². The minimum atomic E-state index is 0.487. The molecule has 0 saturated carbocycles. The number of hydrogen-bond acceptors (Lipinski definition) is 0. The lowest BCUT2D eigenvalue weighted by molar-refractivity contribution is -0.876. The first-order valence-electron chi connectivity index (χ1n) is 7.72. The molecule has 0 spiro atoms. The maximum atomic E-state index is 2.40. The van der Waals surface area contributed by atoms with Crippen LogP contribution in [0.5, 0.6) is 0 Å². The standard InChI is InChI=1S/C20H19N/c1-15-7-10-20-19-13-18(16-5-3-2-4-6-16)9-8-17(19)11-12-21(20)14-15/h2-10,13-14,20H,11-12H2,1H3/p+1. The fourth-order valence-corrected chi connectivity index (χ4v) is 3.53. The van der Waals surface area contributed by atoms with Crippen LogP contribution in [-0.2, 0) is 6.42 Å². The molecule has 0 amide bonds. The number of nitrogens with one attached hydrogen (secondary N) is 1. The van der Waals surface area contributed by atoms with Crippen LogP contribution in [0, 0.1) is 0 Å². The van der Waals surface area contributed by atoms with Crippen molar-refractivity contribution >= 4 is 0 Å². The Labute approximate surface area is 126 Å². The molecule has 0 aliphatic carbocycles. The van der Waals surface area contributed by atoms with Crippen LogP contribution in [0.25, 0.3) is 11.1 Å². The number of allylic oxidation sites excluding steroid dienone is 2. The predicted octanol–water partition coefficient (Wildman–Crippen LogP) is 3.31. The fourth-order valence-electron chi connectivity index (χ4n) is 3.53. The lowest BCUT2D eigenvalue weighted by Crippen LogP contribution is -3.09. The molecule has 2 unspecified atom stereocenters. The summed E-state index contributed by atoms with van der Waals surface area (Å²) >= 11 is 0. The van der Waals surface area contributed by atoms with E-state index in [4.69, 9.17) is 0 Å². The molecule has 2 heterocycles. The molecule has 0 fully saturated rings. The Balaban J connectivity index is 1.78. The number of quaternary nitrogens is 1. The van der Waals surface area contributed by atoms with Gasteiger partial charge in [0.05, 0.1) is 12.7 Å². The van der Waals surface area contributed by atoms with Gasteiger partial charge in [0.25, 0.3) is 0 Å². The van der Waals surface area contributed by atoms with Crippen LogP contribution in [0.4, 0.5) is 0 Å². The highest BCUT2D eigenvalue weighted by molar-refractivity contribution is 5.65. The monoisotopic (exact) mass is 274 g/mol. The van der Waals surface area contributed by atoms with E-state index in [9.17, 15) is 0 Å². The topological polar surface area (TPSA) is 4.44 Å². The van der Waals surface area contributed by atoms with Gasteiger partial charge in [0.15, 0.2) is 0 Å². The van der Waals surface area contributed by atoms with Crippen molar-refractivity contribution in [2.75, 3.05) is 6.54 Å². The molecule has 0 radical (unpaired) electrons. The molecule has 21 heavy (non-hydrogen) atoms. The molecule has 0 saturated heterocycles. The first kappa shape index (κ1) is 12.6. The van der Waals surface area contributed by atoms with Crippen LogP contribution in [-0.4, -0.2) is 6.54 Å². The number of fused-ring (bicyclic) bond motifs is 3. The summed E-state index contributed by atoms with van der Waals surface area (Å²) in [5.74, 6) is 0. The summed E-state index contributed by atoms with van der Waals surface area (Å²) in [7, 11) is 0. The van der Waals surface area contributed by atoms with E-state index in [0.29, 0.717) is 6.04 Å². The molecule has 1 nitrogen and oxygen atoms in total. The SMILES string of the molecule is CC1=C[NH+]2CCc3ccc(-c4ccccc4)cc3C2C=C1. The molecular weight excluding hydrogens is 254 g/mol. The van der Waals surface area contributed by atoms with Crippen molar-refractivity contribution in [3.05, 3.63) is 83.6 Å². The summed E-state index contributed by atoms with van der Waals surface area (Å²) in [5, 5.41) is 0. The Hall–Kier alpha value is -2.12. The molecule has 2 atom stereocenters. The normalized spacial score (nSPS) is 23.2. The van der Waals surface area contributed by atoms with E-state index in [2.05, 4.69) is 73.8 Å². The van der Waals surface area contributed by atoms with Crippen LogP contribution < -0.4 is 4.90 Å². The number of benzene rings is 2. The molecular formula is C20H20N+. The largest absolute Gasteiger partial charge is 0.299 e. The molecule has 2 aliphatic heterocycles. The molecule has 1 N–H and O–H groups in total. The molecule has 2 aromatic carbocycles. The maximum Gasteiger partial charge on any atom is 0.137 e. The summed E-state index contributed by atoms with van der Waals surface area (Å²) < 4.78 is 0. The highest BCUT2D eigenvalue weighted by atomic mass is 15.1. The third-order valence-electron chi connectivity index (χ3n) is 4.64. The average Bonchev–Trinajstić information content (AvgIpc) is 2.54. The fraction of sp³-hybridized carbons (Fsp3) is 0.200. The average molecular weight is 274 g/mol. The molecule has 2 aliphatic rings. The zero-order chi connectivity index (χ0) is 14.2. The quantitative estimate of drug-likeness (QED) is 0.814. The second kappa shape index (κ2) is 5.01. The van der Waals surface area contributed by atoms with E-state index in [1.54, 1.807) is 4.90 Å². The van der Waals surface area contributed by atoms with E-state index in [0.717, 1.165) is 0 Å². The van der Waals surface area contributed by atoms with Gasteiger partial charge in [0, 0.05) is 17.6 Å². The van der Waals surface area contributed by atoms with Gasteiger partial charge in [-0.15, -0.1) is 0 Å². The zero-order valence-electron chi connectivity index (χ0n) is 12.3. The Morgan fingerprint density at radius 1 is 1.00 bits per heavy atom. The van der Waals surface area contributed by atoms with Crippen LogP contribution in [0.2, 0.25) is 0 Å². The third-order valence-corrected chi connectivity index (χ3v) is 4.64. The highest BCUT2D eigenvalue weighted by Crippen LogP contribution is 2.28. The van der Waals surface area contributed by atoms with E-state index >= 15 is 0 Å². The van der Waals surface area contributed by atoms with Crippen molar-refractivity contribution < 1.29 is 4.90 Å². The van der Waals surface area contributed by atoms with Gasteiger partial charge in [0.1, 0.15) is 6.04 Å². The lowest BCUT2D eigenvalue weighted by atomic mass is 9.88. The van der Waals surface area contributed by atoms with Crippen molar-refractivity contribution in [1.82, 2.24) is 0 Å². The summed E-state index contributed by atoms with van der Waals surface area (Å²) in [6.07, 6.45) is 8.19. The molecule has 1 heteroatoms. The van der Waals surface area contributed by atoms with Crippen molar-refractivity contribution in [2.24, 2.45) is 0 Å². The zero-order valence-corrected chi connectivity index (χ0v) is 12.3. The van der Waals surface area contributed by atoms with E-state index in [-0.39, 0.29) is 0 Å². The van der Waals surface area contributed by atoms with Crippen LogP contribution in [0.3, 0.4) is 0 Å². The van der Waals surface area contributed by atoms with E-state index in [1.807, 2.05) is 0 Å². The van der Waals surface area contributed by atoms with E-state index < -0.39 is 0 Å². The smallest absolute Gasteiger partial charge is 0.137 e. The molecule has 2 aromatic rings. The summed E-state index contributed by atoms with van der Waals surface area (Å²) in [6.45, 7) is 3.39. The molecule has 0 bridgehead atoms. The van der Waals surface area contributed by atoms with Crippen LogP contribution in [0.15, 0.2) is 72.5 Å². The minimum Gasteiger partial charge on any atom is -0.299 e. The summed E-state index contributed by atoms with van der Waals surface area (Å²) in [4.78, 5) is 1.58. The first-order valence-corrected chi connectivity index (χ1v) is 7.72. The molecule has 0 aromatic heterocycles. The second-order valence-electron chi connectivity index (χ2n) is 6.08. The van der Waals surface area contributed by atoms with Gasteiger partial charge < -0.3 is 0 Å². The maximum absolute atomic E-state index is 2.40. The van der Waals surface area contributed by atoms with Crippen molar-refractivity contribution in [2.45, 2.75) is 19.4 Å². The van der Waals surface area contributed by atoms with Gasteiger partial charge in [-0.25, -0.2) is 0 Å². The van der Waals surface area contributed by atoms with Crippen LogP contribution in [0.1, 0.15) is 24.1 Å². The molecule has 104 valence electrons. The Morgan fingerprint density at radius 3 is 2.71 bits per heavy atom. The van der Waals surface area contributed by atoms with Crippen LogP contribution >= 0.6 is 0 Å². The summed E-state index contributed by atoms with van der Waals surface area (Å²) in [6, 6.07) is 18.2. The van der Waals surface area contributed by atoms with Gasteiger partial charge in [-0.2, -0.15) is 0 Å². The van der Waals surface area contributed by atoms with E-state index in [1.165, 1.54) is 40.8 Å². The van der Waals surface area contributed by atoms with Crippen molar-refractivity contribution in [1.29, 1.82) is 0 Å². The van der Waals surface area contributed by atoms with Gasteiger partial charge in [0.2, 0.25) is 0 Å². The minimum absolute atomic E-state index is 0.487. The Bertz CT molecular complexity index is 725. The number of rotatable bonds is 1.